The number of likely N-dealkylation sites (tertiary alicyclic amines) is 1. The number of aryl methyl sites for hydroxylation is 1. The molecule has 4 heterocycles. The summed E-state index contributed by atoms with van der Waals surface area (Å²) in [5.74, 6) is 0.107. The van der Waals surface area contributed by atoms with Crippen LogP contribution in [0.25, 0.3) is 0 Å². The van der Waals surface area contributed by atoms with Gasteiger partial charge in [-0.15, -0.1) is 0 Å². The third-order valence-electron chi connectivity index (χ3n) is 6.25. The summed E-state index contributed by atoms with van der Waals surface area (Å²) in [5, 5.41) is 0. The molecule has 0 saturated carbocycles. The minimum atomic E-state index is 0.107. The summed E-state index contributed by atoms with van der Waals surface area (Å²) >= 11 is 0. The molecular formula is C24H26N4O. The second-order valence-corrected chi connectivity index (χ2v) is 8.05. The van der Waals surface area contributed by atoms with E-state index in [1.807, 2.05) is 35.2 Å². The second-order valence-electron chi connectivity index (χ2n) is 8.05. The SMILES string of the molecule is CCc1ccc(CN2CC3C(C2)n2cccc2C(=O)N3Cc2ccccn2)cc1. The minimum absolute atomic E-state index is 0.107. The van der Waals surface area contributed by atoms with Gasteiger partial charge in [0.15, 0.2) is 0 Å². The maximum atomic E-state index is 13.2. The van der Waals surface area contributed by atoms with E-state index >= 15 is 0 Å². The molecule has 2 aliphatic heterocycles. The lowest BCUT2D eigenvalue weighted by molar-refractivity contribution is 0.0553. The number of pyridine rings is 1. The first kappa shape index (κ1) is 18.1. The lowest BCUT2D eigenvalue weighted by Crippen LogP contribution is -2.49. The molecule has 1 amide bonds. The molecular weight excluding hydrogens is 360 g/mol. The normalized spacial score (nSPS) is 21.3. The molecule has 1 saturated heterocycles. The predicted molar refractivity (Wildman–Crippen MR) is 112 cm³/mol. The van der Waals surface area contributed by atoms with Crippen LogP contribution in [0, 0.1) is 0 Å². The van der Waals surface area contributed by atoms with Crippen LogP contribution in [0.15, 0.2) is 67.0 Å². The number of benzene rings is 1. The molecule has 5 rings (SSSR count). The van der Waals surface area contributed by atoms with E-state index in [9.17, 15) is 4.79 Å². The standard InChI is InChI=1S/C24H26N4O/c1-2-18-8-10-19(11-9-18)14-26-16-22-23(17-26)28(15-20-6-3-4-12-25-20)24(29)21-7-5-13-27(21)22/h3-13,22-23H,2,14-17H2,1H3. The fraction of sp³-hybridized carbons (Fsp3) is 0.333. The Morgan fingerprint density at radius 3 is 2.48 bits per heavy atom. The third-order valence-corrected chi connectivity index (χ3v) is 6.25. The number of aromatic nitrogens is 2. The van der Waals surface area contributed by atoms with Gasteiger partial charge in [-0.25, -0.2) is 0 Å². The Bertz CT molecular complexity index is 995. The highest BCUT2D eigenvalue weighted by Gasteiger charge is 2.44. The monoisotopic (exact) mass is 386 g/mol. The van der Waals surface area contributed by atoms with Gasteiger partial charge in [0.25, 0.3) is 5.91 Å². The number of carbonyl (C=O) groups is 1. The van der Waals surface area contributed by atoms with E-state index in [0.717, 1.165) is 37.4 Å². The first-order valence-corrected chi connectivity index (χ1v) is 10.4. The number of amides is 1. The van der Waals surface area contributed by atoms with Crippen LogP contribution >= 0.6 is 0 Å². The van der Waals surface area contributed by atoms with E-state index in [1.54, 1.807) is 6.20 Å². The number of rotatable bonds is 5. The maximum Gasteiger partial charge on any atom is 0.271 e. The third kappa shape index (κ3) is 3.36. The number of hydrogen-bond donors (Lipinski definition) is 0. The predicted octanol–water partition coefficient (Wildman–Crippen LogP) is 3.53. The van der Waals surface area contributed by atoms with Crippen LogP contribution < -0.4 is 0 Å². The first-order chi connectivity index (χ1) is 14.2. The van der Waals surface area contributed by atoms with Crippen molar-refractivity contribution in [2.24, 2.45) is 0 Å². The van der Waals surface area contributed by atoms with Crippen molar-refractivity contribution in [2.75, 3.05) is 13.1 Å². The van der Waals surface area contributed by atoms with E-state index in [0.29, 0.717) is 6.54 Å². The van der Waals surface area contributed by atoms with E-state index in [2.05, 4.69) is 51.8 Å². The molecule has 1 fully saturated rings. The van der Waals surface area contributed by atoms with Gasteiger partial charge in [0.2, 0.25) is 0 Å². The zero-order valence-corrected chi connectivity index (χ0v) is 16.7. The molecule has 2 aliphatic rings. The smallest absolute Gasteiger partial charge is 0.271 e. The van der Waals surface area contributed by atoms with Crippen LogP contribution in [0.2, 0.25) is 0 Å². The van der Waals surface area contributed by atoms with E-state index in [1.165, 1.54) is 11.1 Å². The lowest BCUT2D eigenvalue weighted by atomic mass is 10.1. The van der Waals surface area contributed by atoms with Crippen LogP contribution in [0.3, 0.4) is 0 Å². The molecule has 0 bridgehead atoms. The molecule has 0 radical (unpaired) electrons. The average molecular weight is 386 g/mol. The second kappa shape index (κ2) is 7.48. The quantitative estimate of drug-likeness (QED) is 0.674. The Balaban J connectivity index is 1.40. The first-order valence-electron chi connectivity index (χ1n) is 10.4. The molecule has 148 valence electrons. The molecule has 0 aliphatic carbocycles. The van der Waals surface area contributed by atoms with Crippen LogP contribution in [0.5, 0.6) is 0 Å². The van der Waals surface area contributed by atoms with Crippen molar-refractivity contribution in [3.8, 4) is 0 Å². The van der Waals surface area contributed by atoms with Crippen molar-refractivity contribution in [1.29, 1.82) is 0 Å². The van der Waals surface area contributed by atoms with Crippen molar-refractivity contribution in [3.05, 3.63) is 89.5 Å². The molecule has 1 aromatic carbocycles. The van der Waals surface area contributed by atoms with E-state index in [-0.39, 0.29) is 18.0 Å². The molecule has 29 heavy (non-hydrogen) atoms. The van der Waals surface area contributed by atoms with Gasteiger partial charge in [-0.1, -0.05) is 37.3 Å². The van der Waals surface area contributed by atoms with Crippen LogP contribution in [-0.2, 0) is 19.5 Å². The summed E-state index contributed by atoms with van der Waals surface area (Å²) in [4.78, 5) is 22.2. The van der Waals surface area contributed by atoms with Crippen molar-refractivity contribution in [3.63, 3.8) is 0 Å². The highest BCUT2D eigenvalue weighted by molar-refractivity contribution is 5.94. The fourth-order valence-electron chi connectivity index (χ4n) is 4.71. The number of hydrogen-bond acceptors (Lipinski definition) is 3. The highest BCUT2D eigenvalue weighted by atomic mass is 16.2. The Morgan fingerprint density at radius 1 is 0.931 bits per heavy atom. The Kier molecular flexibility index (Phi) is 4.68. The molecule has 3 aromatic rings. The topological polar surface area (TPSA) is 41.4 Å². The summed E-state index contributed by atoms with van der Waals surface area (Å²) in [7, 11) is 0. The zero-order chi connectivity index (χ0) is 19.8. The van der Waals surface area contributed by atoms with Crippen LogP contribution in [0.1, 0.15) is 40.3 Å². The Hall–Kier alpha value is -2.92. The van der Waals surface area contributed by atoms with Crippen molar-refractivity contribution >= 4 is 5.91 Å². The summed E-state index contributed by atoms with van der Waals surface area (Å²) in [6.07, 6.45) is 4.92. The summed E-state index contributed by atoms with van der Waals surface area (Å²) < 4.78 is 2.18. The number of fused-ring (bicyclic) bond motifs is 3. The molecule has 2 unspecified atom stereocenters. The molecule has 5 heteroatoms. The number of carbonyl (C=O) groups excluding carboxylic acids is 1. The van der Waals surface area contributed by atoms with Gasteiger partial charge in [0.05, 0.1) is 24.3 Å². The maximum absolute atomic E-state index is 13.2. The fourth-order valence-corrected chi connectivity index (χ4v) is 4.71. The summed E-state index contributed by atoms with van der Waals surface area (Å²) in [6.45, 7) is 5.50. The van der Waals surface area contributed by atoms with Crippen LogP contribution in [-0.4, -0.2) is 44.4 Å². The molecule has 0 N–H and O–H groups in total. The van der Waals surface area contributed by atoms with Crippen LogP contribution in [0.4, 0.5) is 0 Å². The van der Waals surface area contributed by atoms with Gasteiger partial charge in [-0.05, 0) is 41.8 Å². The molecule has 2 aromatic heterocycles. The summed E-state index contributed by atoms with van der Waals surface area (Å²) in [5.41, 5.74) is 4.42. The summed E-state index contributed by atoms with van der Waals surface area (Å²) in [6, 6.07) is 19.2. The van der Waals surface area contributed by atoms with Gasteiger partial charge in [0.1, 0.15) is 5.69 Å². The average Bonchev–Trinajstić information content (AvgIpc) is 3.40. The Labute approximate surface area is 171 Å². The van der Waals surface area contributed by atoms with Crippen molar-refractivity contribution < 1.29 is 4.79 Å². The van der Waals surface area contributed by atoms with E-state index in [4.69, 9.17) is 0 Å². The molecule has 2 atom stereocenters. The minimum Gasteiger partial charge on any atom is -0.337 e. The van der Waals surface area contributed by atoms with Gasteiger partial charge in [-0.2, -0.15) is 0 Å². The van der Waals surface area contributed by atoms with Gasteiger partial charge >= 0.3 is 0 Å². The van der Waals surface area contributed by atoms with Gasteiger partial charge in [0, 0.05) is 32.0 Å². The highest BCUT2D eigenvalue weighted by Crippen LogP contribution is 2.35. The zero-order valence-electron chi connectivity index (χ0n) is 16.7. The molecule has 0 spiro atoms. The van der Waals surface area contributed by atoms with E-state index < -0.39 is 0 Å². The van der Waals surface area contributed by atoms with Gasteiger partial charge < -0.3 is 9.47 Å². The Morgan fingerprint density at radius 2 is 1.72 bits per heavy atom. The van der Waals surface area contributed by atoms with Gasteiger partial charge in [-0.3, -0.25) is 14.7 Å². The number of nitrogens with zero attached hydrogens (tertiary/aromatic N) is 4. The van der Waals surface area contributed by atoms with Crippen molar-refractivity contribution in [2.45, 2.75) is 38.5 Å². The lowest BCUT2D eigenvalue weighted by Gasteiger charge is -2.38. The molecule has 5 nitrogen and oxygen atoms in total. The largest absolute Gasteiger partial charge is 0.337 e. The van der Waals surface area contributed by atoms with Crippen molar-refractivity contribution in [1.82, 2.24) is 19.4 Å².